The Morgan fingerprint density at radius 2 is 1.47 bits per heavy atom. The lowest BCUT2D eigenvalue weighted by Gasteiger charge is -1.99. The van der Waals surface area contributed by atoms with Crippen LogP contribution < -0.4 is 0 Å². The summed E-state index contributed by atoms with van der Waals surface area (Å²) in [7, 11) is 0. The largest absolute Gasteiger partial charge is 0.303 e. The molecule has 0 fully saturated rings. The molecule has 0 saturated carbocycles. The van der Waals surface area contributed by atoms with E-state index >= 15 is 0 Å². The van der Waals surface area contributed by atoms with Gasteiger partial charge in [-0.15, -0.1) is 0 Å². The van der Waals surface area contributed by atoms with E-state index in [0.717, 1.165) is 57.7 Å². The molecule has 0 atom stereocenters. The molecule has 0 heterocycles. The predicted octanol–water partition coefficient (Wildman–Crippen LogP) is 5.44. The minimum atomic E-state index is -1.13. The Labute approximate surface area is 110 Å². The first kappa shape index (κ1) is 12.9. The number of allylic oxidation sites excluding steroid dienone is 2. The molecule has 0 unspecified atom stereocenters. The van der Waals surface area contributed by atoms with Crippen molar-refractivity contribution < 1.29 is 7.54 Å². The fourth-order valence-corrected chi connectivity index (χ4v) is 1.73. The summed E-state index contributed by atoms with van der Waals surface area (Å²) >= 11 is 0. The van der Waals surface area contributed by atoms with Gasteiger partial charge in [0.2, 0.25) is 0 Å². The van der Waals surface area contributed by atoms with Crippen molar-refractivity contribution in [3.05, 3.63) is 12.2 Å². The molecule has 1 heteroatoms. The summed E-state index contributed by atoms with van der Waals surface area (Å²) in [5, 5.41) is 0. The molecule has 0 N–H and O–H groups in total. The molecule has 17 heavy (non-hydrogen) atoms. The van der Waals surface area contributed by atoms with Crippen molar-refractivity contribution in [1.82, 2.24) is 0 Å². The van der Waals surface area contributed by atoms with Gasteiger partial charge in [0.1, 0.15) is 6.29 Å². The van der Waals surface area contributed by atoms with Crippen LogP contribution in [0.2, 0.25) is 0 Å². The van der Waals surface area contributed by atoms with Crippen LogP contribution in [-0.2, 0) is 4.79 Å². The van der Waals surface area contributed by atoms with E-state index in [4.69, 9.17) is 2.74 Å². The highest BCUT2D eigenvalue weighted by Gasteiger charge is 1.91. The molecule has 0 spiro atoms. The first-order valence-corrected chi connectivity index (χ1v) is 7.23. The van der Waals surface area contributed by atoms with E-state index < -0.39 is 6.37 Å². The Morgan fingerprint density at radius 1 is 0.824 bits per heavy atom. The van der Waals surface area contributed by atoms with Crippen molar-refractivity contribution in [2.45, 2.75) is 83.9 Å². The topological polar surface area (TPSA) is 17.1 Å². The molecular formula is C16H30O. The molecule has 0 aliphatic rings. The fourth-order valence-electron chi connectivity index (χ4n) is 1.73. The van der Waals surface area contributed by atoms with Crippen molar-refractivity contribution >= 4 is 6.29 Å². The summed E-state index contributed by atoms with van der Waals surface area (Å²) in [6.45, 7) is 2.15. The molecule has 0 radical (unpaired) electrons. The van der Waals surface area contributed by atoms with Crippen LogP contribution in [0.25, 0.3) is 0 Å². The van der Waals surface area contributed by atoms with E-state index in [1.807, 2.05) is 6.08 Å². The monoisotopic (exact) mass is 240 g/mol. The molecule has 0 aliphatic heterocycles. The molecule has 100 valence electrons. The van der Waals surface area contributed by atoms with Gasteiger partial charge in [0.25, 0.3) is 0 Å². The molecule has 0 amide bonds. The highest BCUT2D eigenvalue weighted by atomic mass is 16.1. The maximum absolute atomic E-state index is 10.1. The zero-order valence-corrected chi connectivity index (χ0v) is 11.4. The lowest BCUT2D eigenvalue weighted by molar-refractivity contribution is -0.107. The number of unbranched alkanes of at least 4 members (excludes halogenated alkanes) is 8. The van der Waals surface area contributed by atoms with Gasteiger partial charge in [-0.1, -0.05) is 64.0 Å². The third-order valence-electron chi connectivity index (χ3n) is 2.85. The zero-order valence-electron chi connectivity index (χ0n) is 13.4. The highest BCUT2D eigenvalue weighted by Crippen LogP contribution is 2.09. The quantitative estimate of drug-likeness (QED) is 0.238. The van der Waals surface area contributed by atoms with Gasteiger partial charge in [-0.3, -0.25) is 0 Å². The highest BCUT2D eigenvalue weighted by molar-refractivity contribution is 5.48. The van der Waals surface area contributed by atoms with Gasteiger partial charge >= 0.3 is 0 Å². The van der Waals surface area contributed by atoms with Gasteiger partial charge in [0.05, 0.1) is 0 Å². The third kappa shape index (κ3) is 15.4. The second kappa shape index (κ2) is 15.4. The van der Waals surface area contributed by atoms with Crippen LogP contribution in [0.5, 0.6) is 0 Å². The zero-order chi connectivity index (χ0) is 14.4. The molecule has 0 aromatic heterocycles. The fraction of sp³-hybridized carbons (Fsp3) is 0.812. The molecule has 0 saturated heterocycles. The van der Waals surface area contributed by atoms with Gasteiger partial charge in [-0.25, -0.2) is 0 Å². The van der Waals surface area contributed by atoms with E-state index in [1.165, 1.54) is 6.42 Å². The first-order chi connectivity index (χ1) is 9.12. The van der Waals surface area contributed by atoms with Crippen molar-refractivity contribution in [3.63, 3.8) is 0 Å². The van der Waals surface area contributed by atoms with E-state index in [9.17, 15) is 4.79 Å². The van der Waals surface area contributed by atoms with Gasteiger partial charge < -0.3 is 4.79 Å². The molecular weight excluding hydrogens is 208 g/mol. The van der Waals surface area contributed by atoms with Crippen LogP contribution in [0.15, 0.2) is 12.2 Å². The predicted molar refractivity (Wildman–Crippen MR) is 76.3 cm³/mol. The minimum Gasteiger partial charge on any atom is -0.303 e. The molecule has 0 bridgehead atoms. The average Bonchev–Trinajstić information content (AvgIpc) is 2.38. The van der Waals surface area contributed by atoms with Crippen molar-refractivity contribution in [2.24, 2.45) is 0 Å². The second-order valence-corrected chi connectivity index (χ2v) is 4.58. The number of hydrogen-bond donors (Lipinski definition) is 0. The van der Waals surface area contributed by atoms with Gasteiger partial charge in [0, 0.05) is 9.16 Å². The van der Waals surface area contributed by atoms with Crippen molar-refractivity contribution in [2.75, 3.05) is 0 Å². The normalized spacial score (nSPS) is 13.7. The van der Waals surface area contributed by atoms with Crippen molar-refractivity contribution in [1.29, 1.82) is 0 Å². The Balaban J connectivity index is 3.47. The summed E-state index contributed by atoms with van der Waals surface area (Å²) in [6.07, 6.45) is 14.7. The van der Waals surface area contributed by atoms with Crippen LogP contribution in [-0.4, -0.2) is 6.29 Å². The Kier molecular flexibility index (Phi) is 11.7. The summed E-state index contributed by atoms with van der Waals surface area (Å²) in [5.41, 5.74) is 0. The molecule has 0 aromatic carbocycles. The number of hydrogen-bond acceptors (Lipinski definition) is 1. The van der Waals surface area contributed by atoms with Crippen LogP contribution in [0.3, 0.4) is 0 Å². The molecule has 0 aromatic rings. The van der Waals surface area contributed by atoms with E-state index in [2.05, 4.69) is 6.92 Å². The van der Waals surface area contributed by atoms with Gasteiger partial charge in [-0.05, 0) is 25.6 Å². The van der Waals surface area contributed by atoms with Crippen LogP contribution in [0.4, 0.5) is 0 Å². The maximum Gasteiger partial charge on any atom is 0.119 e. The van der Waals surface area contributed by atoms with Crippen molar-refractivity contribution in [3.8, 4) is 0 Å². The Morgan fingerprint density at radius 3 is 2.12 bits per heavy atom. The average molecular weight is 240 g/mol. The standard InChI is InChI=1S/C16H30O/c1-2-3-4-5-6-7-8-9-10-11-12-13-14-15-16-17/h5-6,16H,2-4,7-15H2,1H3/b6-5-/i7D2. The SMILES string of the molecule is [2H]C([2H])(/C=C\CCCC)CCCCCCCCC=O. The first-order valence-electron chi connectivity index (χ1n) is 8.23. The maximum atomic E-state index is 10.1. The second-order valence-electron chi connectivity index (χ2n) is 4.58. The minimum absolute atomic E-state index is 0.629. The third-order valence-corrected chi connectivity index (χ3v) is 2.85. The van der Waals surface area contributed by atoms with E-state index in [-0.39, 0.29) is 0 Å². The summed E-state index contributed by atoms with van der Waals surface area (Å²) in [4.78, 5) is 10.1. The lowest BCUT2D eigenvalue weighted by Crippen LogP contribution is -1.81. The Hall–Kier alpha value is -0.590. The molecule has 1 nitrogen and oxygen atoms in total. The van der Waals surface area contributed by atoms with Crippen LogP contribution in [0, 0.1) is 0 Å². The number of carbonyl (C=O) groups excluding carboxylic acids is 1. The number of aldehydes is 1. The molecule has 0 aliphatic carbocycles. The molecule has 0 rings (SSSR count). The lowest BCUT2D eigenvalue weighted by atomic mass is 10.1. The summed E-state index contributed by atoms with van der Waals surface area (Å²) in [6, 6.07) is 0. The van der Waals surface area contributed by atoms with Crippen LogP contribution >= 0.6 is 0 Å². The Bertz CT molecular complexity index is 237. The number of carbonyl (C=O) groups is 1. The van der Waals surface area contributed by atoms with E-state index in [1.54, 1.807) is 6.08 Å². The summed E-state index contributed by atoms with van der Waals surface area (Å²) < 4.78 is 15.7. The van der Waals surface area contributed by atoms with Crippen LogP contribution in [0.1, 0.15) is 86.7 Å². The van der Waals surface area contributed by atoms with E-state index in [0.29, 0.717) is 12.8 Å². The summed E-state index contributed by atoms with van der Waals surface area (Å²) in [5.74, 6) is 0. The van der Waals surface area contributed by atoms with Gasteiger partial charge in [-0.2, -0.15) is 0 Å². The smallest absolute Gasteiger partial charge is 0.119 e. The number of rotatable bonds is 13. The van der Waals surface area contributed by atoms with Gasteiger partial charge in [0.15, 0.2) is 0 Å².